The van der Waals surface area contributed by atoms with Gasteiger partial charge in [-0.2, -0.15) is 0 Å². The van der Waals surface area contributed by atoms with Gasteiger partial charge in [0, 0.05) is 30.8 Å². The molecule has 0 unspecified atom stereocenters. The van der Waals surface area contributed by atoms with E-state index in [1.165, 1.54) is 11.6 Å². The van der Waals surface area contributed by atoms with Crippen LogP contribution in [0.2, 0.25) is 0 Å². The van der Waals surface area contributed by atoms with Crippen LogP contribution in [-0.2, 0) is 0 Å². The van der Waals surface area contributed by atoms with Gasteiger partial charge in [-0.15, -0.1) is 0 Å². The van der Waals surface area contributed by atoms with Crippen LogP contribution in [-0.4, -0.2) is 41.4 Å². The summed E-state index contributed by atoms with van der Waals surface area (Å²) in [4.78, 5) is 15.1. The lowest BCUT2D eigenvalue weighted by molar-refractivity contribution is 0.0696. The fraction of sp³-hybridized carbons (Fsp3) is 0.273. The summed E-state index contributed by atoms with van der Waals surface area (Å²) in [6.45, 7) is 3.01. The smallest absolute Gasteiger partial charge is 0.337 e. The van der Waals surface area contributed by atoms with Gasteiger partial charge in [-0.1, -0.05) is 30.3 Å². The molecule has 0 aliphatic carbocycles. The summed E-state index contributed by atoms with van der Waals surface area (Å²) >= 11 is 0. The predicted molar refractivity (Wildman–Crippen MR) is 106 cm³/mol. The first-order valence-corrected chi connectivity index (χ1v) is 9.30. The molecule has 1 aromatic heterocycles. The molecule has 1 aliphatic rings. The van der Waals surface area contributed by atoms with E-state index in [1.54, 1.807) is 13.0 Å². The SMILES string of the molecule is Cc1cc(C(=O)O)cnc1OC[C@@H]1C[C@H](Oc2ccc3ccccc3c2)CN1. The lowest BCUT2D eigenvalue weighted by Gasteiger charge is -2.15. The van der Waals surface area contributed by atoms with E-state index in [9.17, 15) is 4.79 Å². The maximum atomic E-state index is 11.0. The summed E-state index contributed by atoms with van der Waals surface area (Å²) < 4.78 is 11.9. The van der Waals surface area contributed by atoms with Crippen molar-refractivity contribution in [2.24, 2.45) is 0 Å². The van der Waals surface area contributed by atoms with E-state index < -0.39 is 5.97 Å². The van der Waals surface area contributed by atoms with E-state index in [0.29, 0.717) is 18.1 Å². The normalized spacial score (nSPS) is 18.9. The highest BCUT2D eigenvalue weighted by atomic mass is 16.5. The van der Waals surface area contributed by atoms with Crippen LogP contribution < -0.4 is 14.8 Å². The van der Waals surface area contributed by atoms with E-state index in [-0.39, 0.29) is 17.7 Å². The first-order chi connectivity index (χ1) is 13.6. The highest BCUT2D eigenvalue weighted by Crippen LogP contribution is 2.24. The number of ether oxygens (including phenoxy) is 2. The van der Waals surface area contributed by atoms with Crippen molar-refractivity contribution < 1.29 is 19.4 Å². The molecule has 2 aromatic carbocycles. The molecule has 4 rings (SSSR count). The van der Waals surface area contributed by atoms with Crippen molar-refractivity contribution in [2.45, 2.75) is 25.5 Å². The number of carboxylic acids is 1. The molecule has 0 saturated carbocycles. The van der Waals surface area contributed by atoms with Gasteiger partial charge in [0.1, 0.15) is 18.5 Å². The van der Waals surface area contributed by atoms with E-state index in [0.717, 1.165) is 24.1 Å². The second-order valence-corrected chi connectivity index (χ2v) is 7.05. The largest absolute Gasteiger partial charge is 0.489 e. The minimum absolute atomic E-state index is 0.0817. The molecule has 3 aromatic rings. The molecule has 0 amide bonds. The molecule has 1 saturated heterocycles. The number of fused-ring (bicyclic) bond motifs is 1. The number of carbonyl (C=O) groups is 1. The highest BCUT2D eigenvalue weighted by Gasteiger charge is 2.26. The molecule has 1 fully saturated rings. The maximum Gasteiger partial charge on any atom is 0.337 e. The number of benzene rings is 2. The molecule has 6 heteroatoms. The fourth-order valence-electron chi connectivity index (χ4n) is 3.44. The van der Waals surface area contributed by atoms with Gasteiger partial charge in [0.15, 0.2) is 0 Å². The second kappa shape index (κ2) is 7.86. The van der Waals surface area contributed by atoms with Gasteiger partial charge in [-0.25, -0.2) is 9.78 Å². The Hall–Kier alpha value is -3.12. The van der Waals surface area contributed by atoms with E-state index >= 15 is 0 Å². The van der Waals surface area contributed by atoms with Crippen LogP contribution in [0.3, 0.4) is 0 Å². The molecule has 144 valence electrons. The second-order valence-electron chi connectivity index (χ2n) is 7.05. The number of rotatable bonds is 6. The van der Waals surface area contributed by atoms with Crippen molar-refractivity contribution in [3.63, 3.8) is 0 Å². The number of nitrogens with one attached hydrogen (secondary N) is 1. The monoisotopic (exact) mass is 378 g/mol. The molecule has 0 radical (unpaired) electrons. The van der Waals surface area contributed by atoms with Gasteiger partial charge in [0.25, 0.3) is 0 Å². The maximum absolute atomic E-state index is 11.0. The lowest BCUT2D eigenvalue weighted by Crippen LogP contribution is -2.28. The zero-order chi connectivity index (χ0) is 19.5. The van der Waals surface area contributed by atoms with E-state index in [4.69, 9.17) is 14.6 Å². The fourth-order valence-corrected chi connectivity index (χ4v) is 3.44. The van der Waals surface area contributed by atoms with Crippen LogP contribution >= 0.6 is 0 Å². The Kier molecular flexibility index (Phi) is 5.12. The lowest BCUT2D eigenvalue weighted by atomic mass is 10.1. The number of hydrogen-bond donors (Lipinski definition) is 2. The average Bonchev–Trinajstić information content (AvgIpc) is 3.14. The first kappa shape index (κ1) is 18.3. The number of hydrogen-bond acceptors (Lipinski definition) is 5. The zero-order valence-electron chi connectivity index (χ0n) is 15.6. The molecule has 1 aliphatic heterocycles. The number of nitrogens with zero attached hydrogens (tertiary/aromatic N) is 1. The van der Waals surface area contributed by atoms with Crippen LogP contribution in [0.4, 0.5) is 0 Å². The standard InChI is InChI=1S/C22H22N2O4/c1-14-8-17(22(25)26)11-24-21(14)27-13-18-10-20(12-23-18)28-19-7-6-15-4-2-3-5-16(15)9-19/h2-9,11,18,20,23H,10,12-13H2,1H3,(H,25,26)/t18-,20-/m0/s1. The van der Waals surface area contributed by atoms with Crippen LogP contribution in [0.1, 0.15) is 22.3 Å². The Labute approximate surface area is 163 Å². The van der Waals surface area contributed by atoms with Crippen molar-refractivity contribution in [1.29, 1.82) is 0 Å². The first-order valence-electron chi connectivity index (χ1n) is 9.30. The molecule has 6 nitrogen and oxygen atoms in total. The van der Waals surface area contributed by atoms with Crippen LogP contribution in [0.5, 0.6) is 11.6 Å². The van der Waals surface area contributed by atoms with Gasteiger partial charge in [0.05, 0.1) is 5.56 Å². The van der Waals surface area contributed by atoms with E-state index in [1.807, 2.05) is 18.2 Å². The number of carboxylic acid groups (broad SMARTS) is 1. The van der Waals surface area contributed by atoms with Crippen molar-refractivity contribution >= 4 is 16.7 Å². The van der Waals surface area contributed by atoms with Gasteiger partial charge in [-0.3, -0.25) is 0 Å². The highest BCUT2D eigenvalue weighted by molar-refractivity contribution is 5.87. The summed E-state index contributed by atoms with van der Waals surface area (Å²) in [5, 5.41) is 14.8. The van der Waals surface area contributed by atoms with Gasteiger partial charge in [-0.05, 0) is 35.9 Å². The van der Waals surface area contributed by atoms with Crippen molar-refractivity contribution in [1.82, 2.24) is 10.3 Å². The summed E-state index contributed by atoms with van der Waals surface area (Å²) in [6.07, 6.45) is 2.23. The van der Waals surface area contributed by atoms with Crippen molar-refractivity contribution in [2.75, 3.05) is 13.2 Å². The van der Waals surface area contributed by atoms with Gasteiger partial charge < -0.3 is 19.9 Å². The van der Waals surface area contributed by atoms with Crippen LogP contribution in [0.15, 0.2) is 54.7 Å². The number of aryl methyl sites for hydroxylation is 1. The third-order valence-corrected chi connectivity index (χ3v) is 4.90. The Morgan fingerprint density at radius 3 is 2.82 bits per heavy atom. The summed E-state index contributed by atoms with van der Waals surface area (Å²) in [5.74, 6) is 0.341. The minimum Gasteiger partial charge on any atom is -0.489 e. The zero-order valence-corrected chi connectivity index (χ0v) is 15.6. The molecule has 2 N–H and O–H groups in total. The molecule has 28 heavy (non-hydrogen) atoms. The van der Waals surface area contributed by atoms with Crippen LogP contribution in [0.25, 0.3) is 10.8 Å². The third-order valence-electron chi connectivity index (χ3n) is 4.90. The third kappa shape index (κ3) is 4.07. The van der Waals surface area contributed by atoms with Gasteiger partial charge in [0.2, 0.25) is 5.88 Å². The average molecular weight is 378 g/mol. The summed E-state index contributed by atoms with van der Waals surface area (Å²) in [5.41, 5.74) is 0.870. The quantitative estimate of drug-likeness (QED) is 0.684. The molecule has 2 atom stereocenters. The van der Waals surface area contributed by atoms with E-state index in [2.05, 4.69) is 34.6 Å². The molecule has 0 spiro atoms. The topological polar surface area (TPSA) is 80.7 Å². The summed E-state index contributed by atoms with van der Waals surface area (Å²) in [7, 11) is 0. The van der Waals surface area contributed by atoms with Crippen molar-refractivity contribution in [3.05, 3.63) is 65.9 Å². The molecule has 2 heterocycles. The van der Waals surface area contributed by atoms with Crippen LogP contribution in [0, 0.1) is 6.92 Å². The Balaban J connectivity index is 1.32. The van der Waals surface area contributed by atoms with Crippen molar-refractivity contribution in [3.8, 4) is 11.6 Å². The molecular weight excluding hydrogens is 356 g/mol. The Bertz CT molecular complexity index is 1000. The van der Waals surface area contributed by atoms with Gasteiger partial charge >= 0.3 is 5.97 Å². The predicted octanol–water partition coefficient (Wildman–Crippen LogP) is 3.43. The Morgan fingerprint density at radius 1 is 1.21 bits per heavy atom. The molecule has 0 bridgehead atoms. The number of aromatic carboxylic acids is 1. The number of aromatic nitrogens is 1. The molecular formula is C22H22N2O4. The minimum atomic E-state index is -0.992. The number of pyridine rings is 1. The Morgan fingerprint density at radius 2 is 2.04 bits per heavy atom. The summed E-state index contributed by atoms with van der Waals surface area (Å²) in [6, 6.07) is 16.1.